The third-order valence-electron chi connectivity index (χ3n) is 4.60. The van der Waals surface area contributed by atoms with Gasteiger partial charge < -0.3 is 24.6 Å². The van der Waals surface area contributed by atoms with Gasteiger partial charge in [0.25, 0.3) is 0 Å². The number of nitrogens with zero attached hydrogens (tertiary/aromatic N) is 1. The third-order valence-corrected chi connectivity index (χ3v) is 4.60. The van der Waals surface area contributed by atoms with Gasteiger partial charge in [0.05, 0.1) is 25.7 Å². The zero-order valence-corrected chi connectivity index (χ0v) is 15.0. The molecule has 0 aromatic rings. The topological polar surface area (TPSA) is 80.6 Å². The largest absolute Gasteiger partial charge is 0.544 e. The standard InChI is InChI=1S/C18H37NO4/c1-2-3-4-5-6-7-8-9-10-11-12-19(13-15-20,14-16-21)17-18(22)23/h20-21H,2-17H2,1H3. The van der Waals surface area contributed by atoms with Crippen molar-refractivity contribution < 1.29 is 24.6 Å². The number of hydrogen-bond donors (Lipinski definition) is 2. The molecule has 0 fully saturated rings. The van der Waals surface area contributed by atoms with Crippen molar-refractivity contribution in [1.82, 2.24) is 0 Å². The second-order valence-electron chi connectivity index (χ2n) is 6.67. The maximum Gasteiger partial charge on any atom is 0.119 e. The van der Waals surface area contributed by atoms with Crippen molar-refractivity contribution in [3.63, 3.8) is 0 Å². The van der Waals surface area contributed by atoms with Crippen LogP contribution >= 0.6 is 0 Å². The molecule has 0 aromatic carbocycles. The van der Waals surface area contributed by atoms with E-state index in [9.17, 15) is 20.1 Å². The quantitative estimate of drug-likeness (QED) is 0.312. The molecule has 0 aliphatic rings. The zero-order chi connectivity index (χ0) is 17.4. The Morgan fingerprint density at radius 2 is 1.22 bits per heavy atom. The number of carboxylic acids is 1. The molecule has 23 heavy (non-hydrogen) atoms. The van der Waals surface area contributed by atoms with Crippen molar-refractivity contribution in [3.05, 3.63) is 0 Å². The molecule has 0 aliphatic heterocycles. The summed E-state index contributed by atoms with van der Waals surface area (Å²) in [5.41, 5.74) is 0. The monoisotopic (exact) mass is 331 g/mol. The molecule has 2 N–H and O–H groups in total. The molecule has 5 nitrogen and oxygen atoms in total. The van der Waals surface area contributed by atoms with E-state index >= 15 is 0 Å². The maximum atomic E-state index is 11.0. The smallest absolute Gasteiger partial charge is 0.119 e. The highest BCUT2D eigenvalue weighted by Gasteiger charge is 2.26. The number of carboxylic acid groups (broad SMARTS) is 1. The molecule has 0 aliphatic carbocycles. The number of carbonyl (C=O) groups is 1. The van der Waals surface area contributed by atoms with Crippen LogP contribution in [0.15, 0.2) is 0 Å². The van der Waals surface area contributed by atoms with Gasteiger partial charge in [0.1, 0.15) is 19.6 Å². The molecule has 0 unspecified atom stereocenters. The summed E-state index contributed by atoms with van der Waals surface area (Å²) in [6.07, 6.45) is 12.4. The lowest BCUT2D eigenvalue weighted by atomic mass is 10.1. The lowest BCUT2D eigenvalue weighted by Gasteiger charge is -2.38. The van der Waals surface area contributed by atoms with E-state index in [1.807, 2.05) is 0 Å². The molecule has 0 rings (SSSR count). The first kappa shape index (κ1) is 22.4. The van der Waals surface area contributed by atoms with E-state index in [1.165, 1.54) is 51.4 Å². The molecule has 0 amide bonds. The lowest BCUT2D eigenvalue weighted by Crippen LogP contribution is -2.57. The van der Waals surface area contributed by atoms with E-state index in [0.717, 1.165) is 12.8 Å². The van der Waals surface area contributed by atoms with E-state index in [4.69, 9.17) is 0 Å². The molecule has 5 heteroatoms. The van der Waals surface area contributed by atoms with E-state index in [-0.39, 0.29) is 24.2 Å². The van der Waals surface area contributed by atoms with Crippen LogP contribution in [0.2, 0.25) is 0 Å². The first-order valence-electron chi connectivity index (χ1n) is 9.37. The minimum atomic E-state index is -1.11. The number of aliphatic carboxylic acids is 1. The first-order chi connectivity index (χ1) is 11.1. The van der Waals surface area contributed by atoms with Crippen LogP contribution in [0.25, 0.3) is 0 Å². The Balaban J connectivity index is 3.87. The van der Waals surface area contributed by atoms with Crippen LogP contribution in [0, 0.1) is 0 Å². The Kier molecular flexibility index (Phi) is 14.5. The molecular weight excluding hydrogens is 294 g/mol. The first-order valence-corrected chi connectivity index (χ1v) is 9.37. The van der Waals surface area contributed by atoms with Crippen molar-refractivity contribution >= 4 is 5.97 Å². The molecule has 0 atom stereocenters. The van der Waals surface area contributed by atoms with E-state index in [2.05, 4.69) is 6.92 Å². The molecule has 0 saturated carbocycles. The van der Waals surface area contributed by atoms with Gasteiger partial charge in [-0.1, -0.05) is 58.3 Å². The second-order valence-corrected chi connectivity index (χ2v) is 6.67. The highest BCUT2D eigenvalue weighted by atomic mass is 16.4. The minimum absolute atomic E-state index is 0.0644. The van der Waals surface area contributed by atoms with Crippen LogP contribution in [0.1, 0.15) is 71.1 Å². The van der Waals surface area contributed by atoms with Crippen LogP contribution in [0.3, 0.4) is 0 Å². The highest BCUT2D eigenvalue weighted by Crippen LogP contribution is 2.13. The predicted octanol–water partition coefficient (Wildman–Crippen LogP) is 1.46. The zero-order valence-electron chi connectivity index (χ0n) is 15.0. The van der Waals surface area contributed by atoms with Crippen LogP contribution in [0.5, 0.6) is 0 Å². The highest BCUT2D eigenvalue weighted by molar-refractivity contribution is 5.65. The van der Waals surface area contributed by atoms with Crippen molar-refractivity contribution in [2.45, 2.75) is 71.1 Å². The molecule has 0 radical (unpaired) electrons. The molecule has 0 spiro atoms. The average molecular weight is 331 g/mol. The van der Waals surface area contributed by atoms with Crippen molar-refractivity contribution in [1.29, 1.82) is 0 Å². The molecule has 0 saturated heterocycles. The van der Waals surface area contributed by atoms with E-state index in [0.29, 0.717) is 19.6 Å². The van der Waals surface area contributed by atoms with Crippen LogP contribution in [-0.2, 0) is 4.79 Å². The summed E-state index contributed by atoms with van der Waals surface area (Å²) in [6.45, 7) is 3.39. The number of carbonyl (C=O) groups excluding carboxylic acids is 1. The Morgan fingerprint density at radius 3 is 1.61 bits per heavy atom. The van der Waals surface area contributed by atoms with Gasteiger partial charge in [-0.3, -0.25) is 0 Å². The number of rotatable bonds is 17. The van der Waals surface area contributed by atoms with Crippen molar-refractivity contribution in [2.75, 3.05) is 39.4 Å². The summed E-state index contributed by atoms with van der Waals surface area (Å²) < 4.78 is 0.229. The summed E-state index contributed by atoms with van der Waals surface area (Å²) in [7, 11) is 0. The fourth-order valence-electron chi connectivity index (χ4n) is 3.21. The summed E-state index contributed by atoms with van der Waals surface area (Å²) >= 11 is 0. The molecule has 138 valence electrons. The Labute approximate surface area is 141 Å². The third kappa shape index (κ3) is 12.4. The minimum Gasteiger partial charge on any atom is -0.544 e. The van der Waals surface area contributed by atoms with Gasteiger partial charge in [-0.25, -0.2) is 0 Å². The number of aliphatic hydroxyl groups is 2. The van der Waals surface area contributed by atoms with Gasteiger partial charge in [0.2, 0.25) is 0 Å². The Hall–Kier alpha value is -0.650. The lowest BCUT2D eigenvalue weighted by molar-refractivity contribution is -0.923. The SMILES string of the molecule is CCCCCCCCCCCC[N+](CCO)(CCO)CC(=O)[O-]. The molecule has 0 heterocycles. The van der Waals surface area contributed by atoms with Crippen molar-refractivity contribution in [2.24, 2.45) is 0 Å². The average Bonchev–Trinajstić information content (AvgIpc) is 2.49. The van der Waals surface area contributed by atoms with Crippen molar-refractivity contribution in [3.8, 4) is 0 Å². The Morgan fingerprint density at radius 1 is 0.783 bits per heavy atom. The van der Waals surface area contributed by atoms with Crippen LogP contribution in [0.4, 0.5) is 0 Å². The number of hydrogen-bond acceptors (Lipinski definition) is 4. The van der Waals surface area contributed by atoms with E-state index < -0.39 is 5.97 Å². The maximum absolute atomic E-state index is 11.0. The summed E-state index contributed by atoms with van der Waals surface area (Å²) in [5, 5.41) is 29.3. The Bertz CT molecular complexity index is 278. The molecular formula is C18H37NO4. The summed E-state index contributed by atoms with van der Waals surface area (Å²) in [5.74, 6) is -1.11. The van der Waals surface area contributed by atoms with Gasteiger partial charge >= 0.3 is 0 Å². The molecule has 0 aromatic heterocycles. The van der Waals surface area contributed by atoms with Gasteiger partial charge in [-0.05, 0) is 12.8 Å². The molecule has 0 bridgehead atoms. The normalized spacial score (nSPS) is 11.8. The van der Waals surface area contributed by atoms with Gasteiger partial charge in [0.15, 0.2) is 0 Å². The fourth-order valence-corrected chi connectivity index (χ4v) is 3.21. The number of unbranched alkanes of at least 4 members (excludes halogenated alkanes) is 9. The van der Waals surface area contributed by atoms with Gasteiger partial charge in [-0.2, -0.15) is 0 Å². The predicted molar refractivity (Wildman–Crippen MR) is 90.8 cm³/mol. The summed E-state index contributed by atoms with van der Waals surface area (Å²) in [4.78, 5) is 11.0. The van der Waals surface area contributed by atoms with Gasteiger partial charge in [-0.15, -0.1) is 0 Å². The van der Waals surface area contributed by atoms with Gasteiger partial charge in [0, 0.05) is 0 Å². The fraction of sp³-hybridized carbons (Fsp3) is 0.944. The second kappa shape index (κ2) is 14.9. The van der Waals surface area contributed by atoms with Crippen LogP contribution in [-0.4, -0.2) is 60.1 Å². The summed E-state index contributed by atoms with van der Waals surface area (Å²) in [6, 6.07) is 0. The number of aliphatic hydroxyl groups excluding tert-OH is 2. The van der Waals surface area contributed by atoms with Crippen LogP contribution < -0.4 is 5.11 Å². The van der Waals surface area contributed by atoms with E-state index in [1.54, 1.807) is 0 Å². The number of quaternary nitrogens is 1.